The van der Waals surface area contributed by atoms with E-state index in [1.165, 1.54) is 0 Å². The fourth-order valence-electron chi connectivity index (χ4n) is 5.58. The SMILES string of the molecule is CN(c1nc(OC[C@@H]2CCCN2CCF)nc2c(F)c(-c3ccc(F)c4sc(N)nc34)c(C(F)(F)F)cc12)C1CNC1. The van der Waals surface area contributed by atoms with E-state index in [4.69, 9.17) is 10.5 Å². The molecule has 2 aromatic heterocycles. The number of halogens is 6. The van der Waals surface area contributed by atoms with Gasteiger partial charge in [-0.2, -0.15) is 23.1 Å². The number of benzene rings is 2. The number of likely N-dealkylation sites (tertiary alicyclic amines) is 1. The third kappa shape index (κ3) is 5.07. The highest BCUT2D eigenvalue weighted by atomic mass is 32.1. The van der Waals surface area contributed by atoms with Crippen molar-refractivity contribution in [2.45, 2.75) is 31.1 Å². The van der Waals surface area contributed by atoms with E-state index in [-0.39, 0.29) is 68.9 Å². The van der Waals surface area contributed by atoms with Crippen molar-refractivity contribution in [2.75, 3.05) is 57.1 Å². The predicted molar refractivity (Wildman–Crippen MR) is 149 cm³/mol. The van der Waals surface area contributed by atoms with Crippen LogP contribution >= 0.6 is 11.3 Å². The van der Waals surface area contributed by atoms with Crippen LogP contribution in [-0.4, -0.2) is 78.4 Å². The van der Waals surface area contributed by atoms with Gasteiger partial charge in [0.05, 0.1) is 21.8 Å². The van der Waals surface area contributed by atoms with Crippen LogP contribution in [0.1, 0.15) is 18.4 Å². The molecule has 1 atom stereocenters. The maximum atomic E-state index is 16.5. The first-order valence-electron chi connectivity index (χ1n) is 13.4. The lowest BCUT2D eigenvalue weighted by Gasteiger charge is -2.37. The van der Waals surface area contributed by atoms with Gasteiger partial charge in [-0.15, -0.1) is 0 Å². The molecule has 8 nitrogen and oxygen atoms in total. The summed E-state index contributed by atoms with van der Waals surface area (Å²) in [5.41, 5.74) is 2.81. The van der Waals surface area contributed by atoms with E-state index in [1.807, 2.05) is 4.90 Å². The number of alkyl halides is 4. The molecule has 0 radical (unpaired) electrons. The van der Waals surface area contributed by atoms with Crippen molar-refractivity contribution in [3.63, 3.8) is 0 Å². The minimum absolute atomic E-state index is 0.0733. The number of nitrogens with one attached hydrogen (secondary N) is 1. The Balaban J connectivity index is 1.54. The van der Waals surface area contributed by atoms with Gasteiger partial charge in [-0.25, -0.2) is 18.2 Å². The number of fused-ring (bicyclic) bond motifs is 2. The average Bonchev–Trinajstić information content (AvgIpc) is 3.53. The van der Waals surface area contributed by atoms with Crippen molar-refractivity contribution in [1.29, 1.82) is 0 Å². The number of anilines is 2. The zero-order valence-electron chi connectivity index (χ0n) is 22.4. The number of aromatic nitrogens is 3. The Bertz CT molecular complexity index is 1640. The van der Waals surface area contributed by atoms with Crippen LogP contribution < -0.4 is 20.7 Å². The fraction of sp³-hybridized carbons (Fsp3) is 0.444. The number of thiazole rings is 1. The van der Waals surface area contributed by atoms with Crippen LogP contribution in [-0.2, 0) is 6.18 Å². The molecule has 42 heavy (non-hydrogen) atoms. The zero-order chi connectivity index (χ0) is 29.8. The summed E-state index contributed by atoms with van der Waals surface area (Å²) in [6.07, 6.45) is -3.36. The van der Waals surface area contributed by atoms with Gasteiger partial charge in [0.15, 0.2) is 10.9 Å². The zero-order valence-corrected chi connectivity index (χ0v) is 23.3. The number of nitrogen functional groups attached to an aromatic ring is 1. The molecule has 2 saturated heterocycles. The minimum Gasteiger partial charge on any atom is -0.462 e. The van der Waals surface area contributed by atoms with E-state index in [1.54, 1.807) is 11.9 Å². The smallest absolute Gasteiger partial charge is 0.417 e. The third-order valence-corrected chi connectivity index (χ3v) is 8.79. The van der Waals surface area contributed by atoms with Crippen molar-refractivity contribution < 1.29 is 31.1 Å². The highest BCUT2D eigenvalue weighted by Crippen LogP contribution is 2.46. The molecule has 6 rings (SSSR count). The van der Waals surface area contributed by atoms with E-state index in [0.29, 0.717) is 19.6 Å². The van der Waals surface area contributed by atoms with Gasteiger partial charge in [-0.05, 0) is 37.6 Å². The number of rotatable bonds is 8. The molecule has 2 aliphatic rings. The van der Waals surface area contributed by atoms with Gasteiger partial charge in [0.2, 0.25) is 0 Å². The molecule has 4 heterocycles. The second-order valence-electron chi connectivity index (χ2n) is 10.4. The predicted octanol–water partition coefficient (Wildman–Crippen LogP) is 5.01. The molecule has 2 aromatic carbocycles. The van der Waals surface area contributed by atoms with Crippen LogP contribution in [0.15, 0.2) is 18.2 Å². The minimum atomic E-state index is -4.99. The van der Waals surface area contributed by atoms with Gasteiger partial charge in [0, 0.05) is 49.2 Å². The lowest BCUT2D eigenvalue weighted by atomic mass is 9.95. The Morgan fingerprint density at radius 1 is 1.17 bits per heavy atom. The molecule has 0 bridgehead atoms. The molecule has 0 saturated carbocycles. The van der Waals surface area contributed by atoms with Crippen molar-refractivity contribution >= 4 is 43.4 Å². The van der Waals surface area contributed by atoms with Crippen molar-refractivity contribution in [3.05, 3.63) is 35.4 Å². The number of hydrogen-bond acceptors (Lipinski definition) is 9. The van der Waals surface area contributed by atoms with Gasteiger partial charge in [-0.1, -0.05) is 11.3 Å². The van der Waals surface area contributed by atoms with Gasteiger partial charge >= 0.3 is 12.2 Å². The molecule has 0 unspecified atom stereocenters. The molecule has 2 aliphatic heterocycles. The van der Waals surface area contributed by atoms with E-state index in [2.05, 4.69) is 20.3 Å². The summed E-state index contributed by atoms with van der Waals surface area (Å²) in [4.78, 5) is 16.3. The molecule has 4 aromatic rings. The summed E-state index contributed by atoms with van der Waals surface area (Å²) < 4.78 is 93.5. The van der Waals surface area contributed by atoms with E-state index in [9.17, 15) is 22.0 Å². The number of hydrogen-bond donors (Lipinski definition) is 2. The summed E-state index contributed by atoms with van der Waals surface area (Å²) in [6.45, 7) is 1.68. The average molecular weight is 612 g/mol. The summed E-state index contributed by atoms with van der Waals surface area (Å²) in [6, 6.07) is 2.42. The lowest BCUT2D eigenvalue weighted by Crippen LogP contribution is -2.56. The molecule has 15 heteroatoms. The van der Waals surface area contributed by atoms with Crippen LogP contribution in [0.5, 0.6) is 6.01 Å². The van der Waals surface area contributed by atoms with Crippen LogP contribution in [0.25, 0.3) is 32.2 Å². The van der Waals surface area contributed by atoms with Crippen molar-refractivity contribution in [1.82, 2.24) is 25.2 Å². The molecule has 3 N–H and O–H groups in total. The first-order chi connectivity index (χ1) is 20.1. The summed E-state index contributed by atoms with van der Waals surface area (Å²) in [5, 5.41) is 2.88. The molecular weight excluding hydrogens is 584 g/mol. The fourth-order valence-corrected chi connectivity index (χ4v) is 6.35. The first-order valence-corrected chi connectivity index (χ1v) is 14.2. The Kier molecular flexibility index (Phi) is 7.51. The normalized spacial score (nSPS) is 18.2. The summed E-state index contributed by atoms with van der Waals surface area (Å²) in [5.74, 6) is -1.93. The maximum Gasteiger partial charge on any atom is 0.417 e. The van der Waals surface area contributed by atoms with E-state index in [0.717, 1.165) is 42.4 Å². The Hall–Kier alpha value is -3.43. The van der Waals surface area contributed by atoms with Crippen LogP contribution in [0, 0.1) is 11.6 Å². The number of ether oxygens (including phenoxy) is 1. The molecule has 0 spiro atoms. The van der Waals surface area contributed by atoms with Crippen molar-refractivity contribution in [2.24, 2.45) is 0 Å². The summed E-state index contributed by atoms with van der Waals surface area (Å²) in [7, 11) is 1.66. The summed E-state index contributed by atoms with van der Waals surface area (Å²) >= 11 is 0.756. The monoisotopic (exact) mass is 611 g/mol. The third-order valence-electron chi connectivity index (χ3n) is 7.89. The van der Waals surface area contributed by atoms with E-state index >= 15 is 4.39 Å². The molecule has 224 valence electrons. The molecule has 2 fully saturated rings. The maximum absolute atomic E-state index is 16.5. The van der Waals surface area contributed by atoms with Gasteiger partial charge in [0.25, 0.3) is 0 Å². The van der Waals surface area contributed by atoms with Gasteiger partial charge < -0.3 is 20.7 Å². The highest BCUT2D eigenvalue weighted by molar-refractivity contribution is 7.22. The largest absolute Gasteiger partial charge is 0.462 e. The number of likely N-dealkylation sites (N-methyl/N-ethyl adjacent to an activating group) is 1. The molecule has 0 aliphatic carbocycles. The molecular formula is C27H27F6N7OS. The lowest BCUT2D eigenvalue weighted by molar-refractivity contribution is -0.137. The van der Waals surface area contributed by atoms with Gasteiger partial charge in [-0.3, -0.25) is 4.90 Å². The number of nitrogens with two attached hydrogens (primary N) is 1. The second kappa shape index (κ2) is 11.0. The Labute approximate surface area is 240 Å². The highest BCUT2D eigenvalue weighted by Gasteiger charge is 2.39. The second-order valence-corrected chi connectivity index (χ2v) is 11.4. The Morgan fingerprint density at radius 3 is 2.64 bits per heavy atom. The van der Waals surface area contributed by atoms with Crippen LogP contribution in [0.2, 0.25) is 0 Å². The van der Waals surface area contributed by atoms with E-state index < -0.39 is 35.6 Å². The van der Waals surface area contributed by atoms with Crippen LogP contribution in [0.3, 0.4) is 0 Å². The van der Waals surface area contributed by atoms with Crippen molar-refractivity contribution in [3.8, 4) is 17.1 Å². The van der Waals surface area contributed by atoms with Gasteiger partial charge in [0.1, 0.15) is 30.4 Å². The Morgan fingerprint density at radius 2 is 1.95 bits per heavy atom. The first kappa shape index (κ1) is 28.7. The molecule has 0 amide bonds. The topological polar surface area (TPSA) is 92.4 Å². The standard InChI is InChI=1S/C27H27F6N7OS/c1-39(14-10-35-11-14)24-16-9-17(27(31,32)33)19(15-4-5-18(29)23-22(15)36-25(34)42-23)20(30)21(16)37-26(38-24)41-12-13-3-2-7-40(13)8-6-28/h4-5,9,13-14,35H,2-3,6-8,10-12H2,1H3,(H2,34,36)/t13-/m0/s1. The quantitative estimate of drug-likeness (QED) is 0.269. The number of nitrogens with zero attached hydrogens (tertiary/aromatic N) is 5. The van der Waals surface area contributed by atoms with Crippen LogP contribution in [0.4, 0.5) is 37.3 Å².